The molecule has 76 heavy (non-hydrogen) atoms. The van der Waals surface area contributed by atoms with Gasteiger partial charge in [0.05, 0.1) is 0 Å². The van der Waals surface area contributed by atoms with E-state index in [1.165, 1.54) is 51.4 Å². The van der Waals surface area contributed by atoms with Crippen LogP contribution in [0.25, 0.3) is 22.3 Å². The molecule has 2 spiro atoms. The van der Waals surface area contributed by atoms with E-state index in [1.54, 1.807) is 111 Å². The molecule has 0 fully saturated rings. The second kappa shape index (κ2) is 15.5. The number of hydrogen-bond donors (Lipinski definition) is 0. The van der Waals surface area contributed by atoms with E-state index in [9.17, 15) is 0 Å². The Morgan fingerprint density at radius 1 is 0.250 bits per heavy atom. The summed E-state index contributed by atoms with van der Waals surface area (Å²) < 4.78 is -1.27. The number of fused-ring (bicyclic) bond motifs is 18. The number of benzene rings is 5. The zero-order valence-electron chi connectivity index (χ0n) is 50.4. The van der Waals surface area contributed by atoms with Crippen molar-refractivity contribution in [2.24, 2.45) is 0 Å². The molecule has 0 nitrogen and oxygen atoms in total. The van der Waals surface area contributed by atoms with E-state index in [4.69, 9.17) is 0 Å². The molecule has 0 bridgehead atoms. The van der Waals surface area contributed by atoms with Crippen LogP contribution < -0.4 is 4.40 Å². The molecule has 0 amide bonds. The molecule has 5 aromatic carbocycles. The van der Waals surface area contributed by atoms with Gasteiger partial charge < -0.3 is 0 Å². The Hall–Kier alpha value is -1.17. The summed E-state index contributed by atoms with van der Waals surface area (Å²) >= 11 is 9.39. The first kappa shape index (κ1) is 54.1. The third kappa shape index (κ3) is 6.93. The second-order valence-electron chi connectivity index (χ2n) is 33.4. The van der Waals surface area contributed by atoms with Crippen LogP contribution in [-0.2, 0) is 65.0 Å². The van der Waals surface area contributed by atoms with Crippen molar-refractivity contribution in [3.05, 3.63) is 144 Å². The van der Waals surface area contributed by atoms with Gasteiger partial charge in [0, 0.05) is 0 Å². The number of halogens is 3. The van der Waals surface area contributed by atoms with E-state index in [0.29, 0.717) is 0 Å². The zero-order chi connectivity index (χ0) is 55.1. The van der Waals surface area contributed by atoms with Crippen LogP contribution in [0.1, 0.15) is 292 Å². The van der Waals surface area contributed by atoms with Gasteiger partial charge in [-0.3, -0.25) is 0 Å². The molecule has 0 saturated carbocycles. The van der Waals surface area contributed by atoms with Crippen molar-refractivity contribution < 1.29 is 0 Å². The van der Waals surface area contributed by atoms with E-state index in [1.807, 2.05) is 4.40 Å². The van der Waals surface area contributed by atoms with Crippen molar-refractivity contribution in [1.29, 1.82) is 0 Å². The molecule has 8 aliphatic rings. The van der Waals surface area contributed by atoms with E-state index in [2.05, 4.69) is 254 Å². The Labute approximate surface area is 496 Å². The van der Waals surface area contributed by atoms with Gasteiger partial charge in [-0.2, -0.15) is 0 Å². The van der Waals surface area contributed by atoms with Gasteiger partial charge in [-0.1, -0.05) is 0 Å². The second-order valence-corrected chi connectivity index (χ2v) is 93.9. The molecule has 0 radical (unpaired) electrons. The van der Waals surface area contributed by atoms with Gasteiger partial charge in [-0.15, -0.1) is 0 Å². The average Bonchev–Trinajstić information content (AvgIpc) is 3.91. The van der Waals surface area contributed by atoms with Crippen molar-refractivity contribution in [3.8, 4) is 22.3 Å². The van der Waals surface area contributed by atoms with E-state index < -0.39 is 3.34 Å². The van der Waals surface area contributed by atoms with Crippen LogP contribution in [0.15, 0.2) is 54.6 Å². The Bertz CT molecular complexity index is 3090. The van der Waals surface area contributed by atoms with Gasteiger partial charge in [-0.25, -0.2) is 0 Å². The quantitative estimate of drug-likeness (QED) is 0.116. The molecule has 13 rings (SSSR count). The molecule has 0 heterocycles. The summed E-state index contributed by atoms with van der Waals surface area (Å²) in [5.74, 6) is 0. The minimum absolute atomic E-state index is 0.0501. The van der Waals surface area contributed by atoms with E-state index in [0.717, 1.165) is 12.8 Å². The summed E-state index contributed by atoms with van der Waals surface area (Å²) in [5, 5.41) is 0. The fourth-order valence-electron chi connectivity index (χ4n) is 18.6. The third-order valence-electron chi connectivity index (χ3n) is 23.7. The first-order valence-electron chi connectivity index (χ1n) is 29.8. The Morgan fingerprint density at radius 2 is 0.434 bits per heavy atom. The molecule has 0 aliphatic heterocycles. The summed E-state index contributed by atoms with van der Waals surface area (Å²) in [5.41, 5.74) is 32.5. The van der Waals surface area contributed by atoms with Gasteiger partial charge in [-0.05, 0) is 0 Å². The summed E-state index contributed by atoms with van der Waals surface area (Å²) in [6.07, 6.45) is 12.0. The molecule has 4 heteroatoms. The van der Waals surface area contributed by atoms with Crippen molar-refractivity contribution in [1.82, 2.24) is 0 Å². The van der Waals surface area contributed by atoms with Gasteiger partial charge in [0.15, 0.2) is 0 Å². The molecule has 0 atom stereocenters. The van der Waals surface area contributed by atoms with Crippen molar-refractivity contribution >= 4 is 68.4 Å². The van der Waals surface area contributed by atoms with Gasteiger partial charge in [0.25, 0.3) is 0 Å². The maximum atomic E-state index is 3.13. The summed E-state index contributed by atoms with van der Waals surface area (Å²) in [6, 6.07) is 25.6. The van der Waals surface area contributed by atoms with Gasteiger partial charge >= 0.3 is 502 Å². The molecule has 8 aliphatic carbocycles. The number of hydrogen-bond acceptors (Lipinski definition) is 0. The van der Waals surface area contributed by atoms with Crippen LogP contribution in [0, 0.1) is 0 Å². The van der Waals surface area contributed by atoms with E-state index >= 15 is 0 Å². The zero-order valence-corrected chi connectivity index (χ0v) is 59.0. The standard InChI is InChI=1S/C72H89GeI3/c1-61(2)21-25-65(9,10)52-33-44-40(29-48(52)61)41-30-49-53(66(11,12)26-22-62(49,3)4)34-45(41)71(44)38-69(17,18)56-37-57-59(60(58(56)71)73(74,75)76)72(39-70(57,19)20)46-35-54-50(63(5,6)23-27-67(54,13)14)31-42(46)43-32-51-55(36-47(43)72)68(15,16)28-24-64(51,7)8/h29-37H,21-28,38-39H2,1-20H3. The average molecular weight is 1410 g/mol. The Balaban J connectivity index is 1.23. The van der Waals surface area contributed by atoms with Gasteiger partial charge in [0.1, 0.15) is 0 Å². The monoisotopic (exact) mass is 1410 g/mol. The molecular formula is C72H89GeI3. The van der Waals surface area contributed by atoms with Crippen molar-refractivity contribution in [2.75, 3.05) is 0 Å². The first-order chi connectivity index (χ1) is 34.7. The molecule has 0 aromatic heterocycles. The minimum atomic E-state index is -3.09. The number of rotatable bonds is 1. The summed E-state index contributed by atoms with van der Waals surface area (Å²) in [4.78, 5) is 0. The molecule has 5 aromatic rings. The molecule has 402 valence electrons. The van der Waals surface area contributed by atoms with E-state index in [-0.39, 0.29) is 65.0 Å². The van der Waals surface area contributed by atoms with Crippen LogP contribution in [0.5, 0.6) is 0 Å². The van der Waals surface area contributed by atoms with Crippen molar-refractivity contribution in [3.63, 3.8) is 0 Å². The third-order valence-corrected chi connectivity index (χ3v) is 34.4. The molecule has 0 saturated heterocycles. The van der Waals surface area contributed by atoms with Gasteiger partial charge in [0.2, 0.25) is 0 Å². The first-order valence-corrected chi connectivity index (χ1v) is 50.0. The van der Waals surface area contributed by atoms with Crippen LogP contribution in [0.4, 0.5) is 0 Å². The molecule has 0 unspecified atom stereocenters. The molecular weight excluding hydrogens is 1320 g/mol. The Kier molecular flexibility index (Phi) is 11.1. The predicted octanol–water partition coefficient (Wildman–Crippen LogP) is 20.5. The van der Waals surface area contributed by atoms with Crippen molar-refractivity contribution in [2.45, 2.75) is 268 Å². The normalized spacial score (nSPS) is 25.8. The van der Waals surface area contributed by atoms with Crippen LogP contribution >= 0.6 is 60.6 Å². The fraction of sp³-hybridized carbons (Fsp3) is 0.583. The maximum absolute atomic E-state index is 3.13. The topological polar surface area (TPSA) is 0 Å². The Morgan fingerprint density at radius 3 is 0.632 bits per heavy atom. The van der Waals surface area contributed by atoms with Crippen LogP contribution in [0.2, 0.25) is 0 Å². The summed E-state index contributed by atoms with van der Waals surface area (Å²) in [7, 11) is 0. The predicted molar refractivity (Wildman–Crippen MR) is 354 cm³/mol. The fourth-order valence-corrected chi connectivity index (χ4v) is 29.6. The van der Waals surface area contributed by atoms with Crippen LogP contribution in [-0.4, -0.2) is 3.34 Å². The molecule has 0 N–H and O–H groups in total. The SMILES string of the molecule is CC1(C)CCC(C)(C)c2cc3c(cc21)-c1cc2c(cc1C31CC(C)(C)c3cc4c([c]([Ge]([I])([I])[I])c31)C1(CC4(C)C)c3cc4c(cc3-c3cc5c(cc31)C(C)(C)CCC5(C)C)C(C)(C)CCC4(C)C)C(C)(C)CCC2(C)C. The summed E-state index contributed by atoms with van der Waals surface area (Å²) in [6.45, 7) is 51.6. The van der Waals surface area contributed by atoms with Crippen LogP contribution in [0.3, 0.4) is 0 Å².